The second-order valence-corrected chi connectivity index (χ2v) is 8.98. The maximum Gasteiger partial charge on any atom is 0.333 e. The molecule has 1 N–H and O–H groups in total. The highest BCUT2D eigenvalue weighted by atomic mass is 32.2. The molecule has 1 aromatic carbocycles. The van der Waals surface area contributed by atoms with Crippen molar-refractivity contribution in [3.8, 4) is 5.88 Å². The zero-order valence-electron chi connectivity index (χ0n) is 18.5. The molecule has 0 bridgehead atoms. The Bertz CT molecular complexity index is 1150. The van der Waals surface area contributed by atoms with Gasteiger partial charge >= 0.3 is 5.69 Å². The molecule has 1 aromatic heterocycles. The van der Waals surface area contributed by atoms with Crippen molar-refractivity contribution in [3.63, 3.8) is 0 Å². The van der Waals surface area contributed by atoms with E-state index in [1.807, 2.05) is 18.7 Å². The first-order valence-electron chi connectivity index (χ1n) is 10.4. The van der Waals surface area contributed by atoms with Gasteiger partial charge in [-0.1, -0.05) is 11.8 Å². The van der Waals surface area contributed by atoms with Gasteiger partial charge in [0.2, 0.25) is 11.8 Å². The summed E-state index contributed by atoms with van der Waals surface area (Å²) in [6.45, 7) is 4.03. The van der Waals surface area contributed by atoms with E-state index >= 15 is 0 Å². The van der Waals surface area contributed by atoms with Crippen LogP contribution in [0, 0.1) is 5.82 Å². The number of thioether (sulfide) groups is 1. The zero-order chi connectivity index (χ0) is 23.6. The second-order valence-electron chi connectivity index (χ2n) is 8.02. The van der Waals surface area contributed by atoms with Crippen LogP contribution in [-0.4, -0.2) is 47.9 Å². The number of likely N-dealkylation sites (tertiary alicyclic amines) is 1. The fourth-order valence-corrected chi connectivity index (χ4v) is 4.83. The van der Waals surface area contributed by atoms with Crippen molar-refractivity contribution in [2.24, 2.45) is 19.1 Å². The summed E-state index contributed by atoms with van der Waals surface area (Å²) in [6.07, 6.45) is 2.93. The molecule has 1 saturated heterocycles. The molecule has 2 atom stereocenters. The lowest BCUT2D eigenvalue weighted by Gasteiger charge is -2.39. The predicted octanol–water partition coefficient (Wildman–Crippen LogP) is 2.53. The van der Waals surface area contributed by atoms with Crippen LogP contribution in [0.3, 0.4) is 0 Å². The second kappa shape index (κ2) is 9.72. The maximum absolute atomic E-state index is 13.3. The minimum absolute atomic E-state index is 0.000142. The van der Waals surface area contributed by atoms with Crippen LogP contribution in [0.2, 0.25) is 0 Å². The van der Waals surface area contributed by atoms with Crippen LogP contribution in [-0.2, 0) is 18.9 Å². The number of carbonyl (C=O) groups is 1. The Balaban J connectivity index is 2.02. The van der Waals surface area contributed by atoms with Gasteiger partial charge in [0, 0.05) is 26.2 Å². The van der Waals surface area contributed by atoms with E-state index in [9.17, 15) is 23.9 Å². The van der Waals surface area contributed by atoms with Crippen LogP contribution < -0.4 is 11.2 Å². The molecule has 1 amide bonds. The van der Waals surface area contributed by atoms with E-state index in [0.717, 1.165) is 40.2 Å². The van der Waals surface area contributed by atoms with Crippen LogP contribution in [0.25, 0.3) is 0 Å². The summed E-state index contributed by atoms with van der Waals surface area (Å²) in [5.41, 5.74) is -1.26. The number of halogens is 1. The van der Waals surface area contributed by atoms with E-state index in [1.54, 1.807) is 0 Å². The summed E-state index contributed by atoms with van der Waals surface area (Å²) in [5, 5.41) is 10.7. The first-order chi connectivity index (χ1) is 15.1. The number of aliphatic imine (C=N–C) groups is 1. The number of carbonyl (C=O) groups excluding carboxylic acids is 1. The summed E-state index contributed by atoms with van der Waals surface area (Å²) in [5.74, 6) is -1.08. The van der Waals surface area contributed by atoms with Gasteiger partial charge in [0.1, 0.15) is 16.4 Å². The van der Waals surface area contributed by atoms with E-state index in [2.05, 4.69) is 4.99 Å². The lowest BCUT2D eigenvalue weighted by atomic mass is 9.98. The van der Waals surface area contributed by atoms with Gasteiger partial charge in [0.25, 0.3) is 5.56 Å². The topological polar surface area (TPSA) is 96.9 Å². The number of benzene rings is 1. The average Bonchev–Trinajstić information content (AvgIpc) is 2.76. The smallest absolute Gasteiger partial charge is 0.333 e. The van der Waals surface area contributed by atoms with Crippen molar-refractivity contribution in [1.29, 1.82) is 0 Å². The highest BCUT2D eigenvalue weighted by molar-refractivity contribution is 8.15. The monoisotopic (exact) mass is 462 g/mol. The SMILES string of the molecule is C[C@@H]1CCC[C@H](C)N1C(=O)CSC(=Nc1ccc(F)cc1)c1c(O)n(C)c(=O)n(C)c1=O. The highest BCUT2D eigenvalue weighted by Gasteiger charge is 2.30. The van der Waals surface area contributed by atoms with Gasteiger partial charge in [0.15, 0.2) is 0 Å². The maximum atomic E-state index is 13.3. The van der Waals surface area contributed by atoms with Crippen LogP contribution >= 0.6 is 11.8 Å². The van der Waals surface area contributed by atoms with Gasteiger partial charge in [0.05, 0.1) is 11.4 Å². The van der Waals surface area contributed by atoms with Gasteiger partial charge in [-0.3, -0.25) is 18.7 Å². The first-order valence-corrected chi connectivity index (χ1v) is 11.4. The third-order valence-corrected chi connectivity index (χ3v) is 6.68. The average molecular weight is 463 g/mol. The Labute approximate surface area is 189 Å². The Hall–Kier alpha value is -2.88. The molecule has 0 spiro atoms. The number of hydrogen-bond donors (Lipinski definition) is 1. The molecule has 0 saturated carbocycles. The molecule has 0 radical (unpaired) electrons. The fraction of sp³-hybridized carbons (Fsp3) is 0.455. The molecule has 2 heterocycles. The van der Waals surface area contributed by atoms with Crippen LogP contribution in [0.15, 0.2) is 38.8 Å². The van der Waals surface area contributed by atoms with Crippen molar-refractivity contribution in [2.45, 2.75) is 45.2 Å². The number of amides is 1. The Morgan fingerprint density at radius 2 is 1.72 bits per heavy atom. The minimum Gasteiger partial charge on any atom is -0.494 e. The highest BCUT2D eigenvalue weighted by Crippen LogP contribution is 2.26. The lowest BCUT2D eigenvalue weighted by molar-refractivity contribution is -0.134. The molecule has 0 unspecified atom stereocenters. The summed E-state index contributed by atoms with van der Waals surface area (Å²) < 4.78 is 15.1. The molecule has 1 fully saturated rings. The minimum atomic E-state index is -0.730. The summed E-state index contributed by atoms with van der Waals surface area (Å²) in [7, 11) is 2.64. The van der Waals surface area contributed by atoms with Crippen LogP contribution in [0.4, 0.5) is 10.1 Å². The molecular weight excluding hydrogens is 435 g/mol. The van der Waals surface area contributed by atoms with Crippen LogP contribution in [0.5, 0.6) is 5.88 Å². The van der Waals surface area contributed by atoms with E-state index in [4.69, 9.17) is 0 Å². The van der Waals surface area contributed by atoms with Gasteiger partial charge in [-0.2, -0.15) is 0 Å². The molecule has 0 aliphatic carbocycles. The molecule has 3 rings (SSSR count). The Kier molecular flexibility index (Phi) is 7.22. The zero-order valence-corrected chi connectivity index (χ0v) is 19.4. The molecule has 8 nitrogen and oxygen atoms in total. The van der Waals surface area contributed by atoms with Crippen molar-refractivity contribution in [2.75, 3.05) is 5.75 Å². The normalized spacial score (nSPS) is 19.3. The fourth-order valence-electron chi connectivity index (χ4n) is 3.93. The summed E-state index contributed by atoms with van der Waals surface area (Å²) >= 11 is 1.01. The molecule has 1 aliphatic heterocycles. The molecular formula is C22H27FN4O4S. The van der Waals surface area contributed by atoms with E-state index in [1.165, 1.54) is 38.4 Å². The van der Waals surface area contributed by atoms with E-state index in [0.29, 0.717) is 5.69 Å². The summed E-state index contributed by atoms with van der Waals surface area (Å²) in [4.78, 5) is 44.3. The standard InChI is InChI=1S/C22H27FN4O4S/c1-13-6-5-7-14(2)27(13)17(28)12-32-19(24-16-10-8-15(23)9-11-16)18-20(29)25(3)22(31)26(4)21(18)30/h8-11,13-14,29H,5-7,12H2,1-4H3/t13-,14+. The molecule has 32 heavy (non-hydrogen) atoms. The third kappa shape index (κ3) is 4.79. The Morgan fingerprint density at radius 1 is 1.12 bits per heavy atom. The number of piperidine rings is 1. The van der Waals surface area contributed by atoms with Crippen molar-refractivity contribution in [3.05, 3.63) is 56.5 Å². The number of rotatable bonds is 4. The number of aromatic nitrogens is 2. The van der Waals surface area contributed by atoms with Gasteiger partial charge < -0.3 is 10.0 Å². The van der Waals surface area contributed by atoms with Gasteiger partial charge in [-0.25, -0.2) is 14.2 Å². The number of hydrogen-bond acceptors (Lipinski definition) is 6. The van der Waals surface area contributed by atoms with Gasteiger partial charge in [-0.15, -0.1) is 0 Å². The third-order valence-electron chi connectivity index (χ3n) is 5.72. The predicted molar refractivity (Wildman–Crippen MR) is 123 cm³/mol. The van der Waals surface area contributed by atoms with E-state index in [-0.39, 0.29) is 34.4 Å². The molecule has 172 valence electrons. The molecule has 2 aromatic rings. The van der Waals surface area contributed by atoms with Gasteiger partial charge in [-0.05, 0) is 57.4 Å². The molecule has 1 aliphatic rings. The largest absolute Gasteiger partial charge is 0.494 e. The number of nitrogens with zero attached hydrogens (tertiary/aromatic N) is 4. The lowest BCUT2D eigenvalue weighted by Crippen LogP contribution is -2.48. The Morgan fingerprint density at radius 3 is 2.31 bits per heavy atom. The van der Waals surface area contributed by atoms with E-state index < -0.39 is 22.9 Å². The number of aromatic hydroxyl groups is 1. The summed E-state index contributed by atoms with van der Waals surface area (Å²) in [6, 6.07) is 5.53. The molecule has 10 heteroatoms. The van der Waals surface area contributed by atoms with Crippen molar-refractivity contribution in [1.82, 2.24) is 14.0 Å². The van der Waals surface area contributed by atoms with Crippen molar-refractivity contribution < 1.29 is 14.3 Å². The quantitative estimate of drug-likeness (QED) is 0.556. The van der Waals surface area contributed by atoms with Crippen LogP contribution in [0.1, 0.15) is 38.7 Å². The first kappa shape index (κ1) is 23.8. The van der Waals surface area contributed by atoms with Crippen molar-refractivity contribution >= 4 is 28.4 Å².